The van der Waals surface area contributed by atoms with Crippen LogP contribution in [0.2, 0.25) is 0 Å². The molecule has 2 unspecified atom stereocenters. The Kier molecular flexibility index (Phi) is 5.04. The lowest BCUT2D eigenvalue weighted by molar-refractivity contribution is 0.00892. The van der Waals surface area contributed by atoms with Gasteiger partial charge in [0.15, 0.2) is 23.2 Å². The lowest BCUT2D eigenvalue weighted by atomic mass is 9.75. The van der Waals surface area contributed by atoms with Crippen LogP contribution in [0, 0.1) is 23.4 Å². The monoisotopic (exact) mass is 373 g/mol. The maximum atomic E-state index is 14.1. The van der Waals surface area contributed by atoms with E-state index in [0.29, 0.717) is 12.8 Å². The van der Waals surface area contributed by atoms with Crippen molar-refractivity contribution < 1.29 is 18.0 Å². The zero-order valence-corrected chi connectivity index (χ0v) is 15.0. The number of Topliss-reactive ketones (excluding diaryl/α,β-unsaturated/α-hetero) is 1. The summed E-state index contributed by atoms with van der Waals surface area (Å²) in [5.41, 5.74) is 0.916. The van der Waals surface area contributed by atoms with Crippen molar-refractivity contribution in [3.63, 3.8) is 0 Å². The summed E-state index contributed by atoms with van der Waals surface area (Å²) in [7, 11) is 0. The van der Waals surface area contributed by atoms with E-state index in [1.54, 1.807) is 0 Å². The van der Waals surface area contributed by atoms with E-state index >= 15 is 0 Å². The van der Waals surface area contributed by atoms with Gasteiger partial charge in [-0.2, -0.15) is 0 Å². The van der Waals surface area contributed by atoms with Gasteiger partial charge in [0.05, 0.1) is 5.56 Å². The normalized spacial score (nSPS) is 25.4. The average Bonchev–Trinajstić information content (AvgIpc) is 2.66. The van der Waals surface area contributed by atoms with Crippen molar-refractivity contribution >= 4 is 5.78 Å². The number of piperidine rings is 2. The molecule has 2 aliphatic heterocycles. The minimum Gasteiger partial charge on any atom is -0.294 e. The number of hydrogen-bond acceptors (Lipinski definition) is 2. The molecule has 2 fully saturated rings. The summed E-state index contributed by atoms with van der Waals surface area (Å²) in [5.74, 6) is -4.94. The predicted octanol–water partition coefficient (Wildman–Crippen LogP) is 5.12. The van der Waals surface area contributed by atoms with Crippen LogP contribution in [0.3, 0.4) is 0 Å². The molecule has 4 rings (SSSR count). The maximum Gasteiger partial charge on any atom is 0.195 e. The summed E-state index contributed by atoms with van der Waals surface area (Å²) in [6.45, 7) is 0.844. The first-order chi connectivity index (χ1) is 13.0. The highest BCUT2D eigenvalue weighted by molar-refractivity contribution is 5.98. The van der Waals surface area contributed by atoms with Gasteiger partial charge in [-0.1, -0.05) is 36.8 Å². The van der Waals surface area contributed by atoms with Crippen LogP contribution in [0.4, 0.5) is 13.2 Å². The van der Waals surface area contributed by atoms with Crippen LogP contribution in [0.1, 0.15) is 48.0 Å². The highest BCUT2D eigenvalue weighted by atomic mass is 19.2. The molecule has 2 nitrogen and oxygen atoms in total. The molecule has 0 aliphatic carbocycles. The fourth-order valence-electron chi connectivity index (χ4n) is 4.68. The number of hydrogen-bond donors (Lipinski definition) is 0. The van der Waals surface area contributed by atoms with Gasteiger partial charge in [0.2, 0.25) is 0 Å². The molecule has 0 spiro atoms. The van der Waals surface area contributed by atoms with Crippen molar-refractivity contribution in [3.05, 3.63) is 71.0 Å². The third-order valence-corrected chi connectivity index (χ3v) is 6.01. The molecule has 0 amide bonds. The Balaban J connectivity index is 1.53. The Morgan fingerprint density at radius 2 is 1.59 bits per heavy atom. The van der Waals surface area contributed by atoms with Gasteiger partial charge in [0, 0.05) is 24.5 Å². The highest BCUT2D eigenvalue weighted by Crippen LogP contribution is 2.39. The van der Waals surface area contributed by atoms with Gasteiger partial charge in [-0.25, -0.2) is 13.2 Å². The molecule has 0 N–H and O–H groups in total. The molecule has 5 heteroatoms. The number of carbonyl (C=O) groups excluding carboxylic acids is 1. The van der Waals surface area contributed by atoms with Crippen LogP contribution >= 0.6 is 0 Å². The molecule has 0 aromatic heterocycles. The summed E-state index contributed by atoms with van der Waals surface area (Å²) in [6.07, 6.45) is 4.42. The lowest BCUT2D eigenvalue weighted by Crippen LogP contribution is -2.52. The molecule has 2 atom stereocenters. The van der Waals surface area contributed by atoms with E-state index in [1.165, 1.54) is 5.56 Å². The first-order valence-corrected chi connectivity index (χ1v) is 9.52. The third kappa shape index (κ3) is 3.53. The molecule has 2 bridgehead atoms. The first kappa shape index (κ1) is 18.2. The number of nitrogens with zero attached hydrogens (tertiary/aromatic N) is 1. The van der Waals surface area contributed by atoms with Crippen molar-refractivity contribution in [3.8, 4) is 0 Å². The fraction of sp³-hybridized carbons (Fsp3) is 0.409. The summed E-state index contributed by atoms with van der Waals surface area (Å²) < 4.78 is 40.8. The molecular formula is C22H22F3NO. The molecule has 142 valence electrons. The number of fused-ring (bicyclic) bond motifs is 2. The zero-order chi connectivity index (χ0) is 19.0. The smallest absolute Gasteiger partial charge is 0.195 e. The summed E-state index contributed by atoms with van der Waals surface area (Å²) in [4.78, 5) is 15.3. The van der Waals surface area contributed by atoms with Crippen LogP contribution in [0.15, 0.2) is 42.5 Å². The minimum atomic E-state index is -1.57. The van der Waals surface area contributed by atoms with E-state index < -0.39 is 23.2 Å². The number of halogens is 3. The van der Waals surface area contributed by atoms with Gasteiger partial charge in [-0.15, -0.1) is 0 Å². The third-order valence-electron chi connectivity index (χ3n) is 6.01. The maximum absolute atomic E-state index is 14.1. The molecule has 2 heterocycles. The van der Waals surface area contributed by atoms with Gasteiger partial charge in [0.25, 0.3) is 0 Å². The number of carbonyl (C=O) groups is 1. The van der Waals surface area contributed by atoms with Crippen molar-refractivity contribution in [2.45, 2.75) is 50.7 Å². The molecule has 27 heavy (non-hydrogen) atoms. The topological polar surface area (TPSA) is 20.3 Å². The number of ketones is 1. The number of benzene rings is 2. The van der Waals surface area contributed by atoms with Crippen molar-refractivity contribution in [1.82, 2.24) is 4.90 Å². The molecule has 0 radical (unpaired) electrons. The SMILES string of the molecule is O=C(c1ccc(F)c(F)c1F)C1CC2CCCC(C1)N2Cc1ccccc1. The van der Waals surface area contributed by atoms with E-state index in [4.69, 9.17) is 0 Å². The van der Waals surface area contributed by atoms with Gasteiger partial charge in [-0.05, 0) is 43.4 Å². The minimum absolute atomic E-state index is 0.264. The van der Waals surface area contributed by atoms with Crippen LogP contribution in [0.25, 0.3) is 0 Å². The second-order valence-electron chi connectivity index (χ2n) is 7.65. The Hall–Kier alpha value is -2.14. The van der Waals surface area contributed by atoms with Crippen LogP contribution in [0.5, 0.6) is 0 Å². The molecule has 2 aromatic rings. The van der Waals surface area contributed by atoms with Crippen LogP contribution in [-0.4, -0.2) is 22.8 Å². The summed E-state index contributed by atoms with van der Waals surface area (Å²) >= 11 is 0. The average molecular weight is 373 g/mol. The van der Waals surface area contributed by atoms with Gasteiger partial charge in [0.1, 0.15) is 0 Å². The van der Waals surface area contributed by atoms with E-state index in [2.05, 4.69) is 17.0 Å². The molecule has 0 saturated carbocycles. The van der Waals surface area contributed by atoms with Crippen LogP contribution < -0.4 is 0 Å². The van der Waals surface area contributed by atoms with Crippen molar-refractivity contribution in [1.29, 1.82) is 0 Å². The predicted molar refractivity (Wildman–Crippen MR) is 96.8 cm³/mol. The molecule has 2 aliphatic rings. The van der Waals surface area contributed by atoms with Crippen molar-refractivity contribution in [2.75, 3.05) is 0 Å². The Morgan fingerprint density at radius 3 is 2.26 bits per heavy atom. The van der Waals surface area contributed by atoms with E-state index in [0.717, 1.165) is 37.9 Å². The second kappa shape index (κ2) is 7.47. The fourth-order valence-corrected chi connectivity index (χ4v) is 4.68. The second-order valence-corrected chi connectivity index (χ2v) is 7.65. The Morgan fingerprint density at radius 1 is 0.926 bits per heavy atom. The van der Waals surface area contributed by atoms with Gasteiger partial charge < -0.3 is 0 Å². The van der Waals surface area contributed by atoms with Gasteiger partial charge in [-0.3, -0.25) is 9.69 Å². The molecule has 2 saturated heterocycles. The van der Waals surface area contributed by atoms with E-state index in [9.17, 15) is 18.0 Å². The standard InChI is InChI=1S/C22H22F3NO/c23-19-10-9-18(20(24)21(19)25)22(27)15-11-16-7-4-8-17(12-15)26(16)13-14-5-2-1-3-6-14/h1-3,5-6,9-10,15-17H,4,7-8,11-13H2. The van der Waals surface area contributed by atoms with E-state index in [1.807, 2.05) is 18.2 Å². The molecule has 2 aromatic carbocycles. The van der Waals surface area contributed by atoms with E-state index in [-0.39, 0.29) is 23.6 Å². The Bertz CT molecular complexity index is 825. The molecular weight excluding hydrogens is 351 g/mol. The highest BCUT2D eigenvalue weighted by Gasteiger charge is 2.41. The quantitative estimate of drug-likeness (QED) is 0.548. The van der Waals surface area contributed by atoms with Crippen LogP contribution in [-0.2, 0) is 6.54 Å². The first-order valence-electron chi connectivity index (χ1n) is 9.52. The largest absolute Gasteiger partial charge is 0.294 e. The Labute approximate surface area is 157 Å². The summed E-state index contributed by atoms with van der Waals surface area (Å²) in [6, 6.07) is 12.7. The lowest BCUT2D eigenvalue weighted by Gasteiger charge is -2.48. The van der Waals surface area contributed by atoms with Crippen molar-refractivity contribution in [2.24, 2.45) is 5.92 Å². The van der Waals surface area contributed by atoms with Gasteiger partial charge >= 0.3 is 0 Å². The number of rotatable bonds is 4. The summed E-state index contributed by atoms with van der Waals surface area (Å²) in [5, 5.41) is 0. The zero-order valence-electron chi connectivity index (χ0n) is 15.0.